The van der Waals surface area contributed by atoms with Crippen LogP contribution in [0.3, 0.4) is 0 Å². The van der Waals surface area contributed by atoms with Crippen molar-refractivity contribution < 1.29 is 42.1 Å². The van der Waals surface area contributed by atoms with Gasteiger partial charge in [-0.15, -0.1) is 0 Å². The van der Waals surface area contributed by atoms with Gasteiger partial charge in [0, 0.05) is 12.8 Å². The summed E-state index contributed by atoms with van der Waals surface area (Å²) in [7, 11) is 1.49. The van der Waals surface area contributed by atoms with Crippen LogP contribution in [0, 0.1) is 0 Å². The van der Waals surface area contributed by atoms with Crippen LogP contribution < -0.4 is 0 Å². The van der Waals surface area contributed by atoms with Crippen molar-refractivity contribution in [1.29, 1.82) is 0 Å². The van der Waals surface area contributed by atoms with Crippen LogP contribution >= 0.6 is 7.82 Å². The van der Waals surface area contributed by atoms with Gasteiger partial charge >= 0.3 is 19.8 Å². The second-order valence-electron chi connectivity index (χ2n) is 29.5. The second kappa shape index (κ2) is 78.1. The first-order chi connectivity index (χ1) is 48.0. The first-order valence-corrected chi connectivity index (χ1v) is 43.5. The minimum atomic E-state index is -4.40. The van der Waals surface area contributed by atoms with Crippen LogP contribution in [0.2, 0.25) is 0 Å². The molecule has 0 aromatic heterocycles. The van der Waals surface area contributed by atoms with Crippen molar-refractivity contribution in [3.63, 3.8) is 0 Å². The van der Waals surface area contributed by atoms with Crippen molar-refractivity contribution in [2.24, 2.45) is 0 Å². The largest absolute Gasteiger partial charge is 0.472 e. The molecule has 0 fully saturated rings. The van der Waals surface area contributed by atoms with Crippen molar-refractivity contribution >= 4 is 19.8 Å². The number of ether oxygens (including phenoxy) is 2. The van der Waals surface area contributed by atoms with Gasteiger partial charge in [0.15, 0.2) is 6.10 Å². The van der Waals surface area contributed by atoms with Crippen molar-refractivity contribution in [2.45, 2.75) is 405 Å². The Kier molecular flexibility index (Phi) is 75.6. The fourth-order valence-corrected chi connectivity index (χ4v) is 13.0. The minimum absolute atomic E-state index is 0.0318. The summed E-state index contributed by atoms with van der Waals surface area (Å²) in [6.07, 6.45) is 110. The number of allylic oxidation sites excluding steroid dienone is 16. The lowest BCUT2D eigenvalue weighted by Crippen LogP contribution is -2.37. The molecule has 0 aromatic carbocycles. The Hall–Kier alpha value is -3.07. The average Bonchev–Trinajstić information content (AvgIpc) is 1.08. The molecule has 0 aliphatic heterocycles. The topological polar surface area (TPSA) is 108 Å². The highest BCUT2D eigenvalue weighted by Gasteiger charge is 2.27. The Bertz CT molecular complexity index is 1980. The molecule has 10 heteroatoms. The quantitative estimate of drug-likeness (QED) is 0.0211. The van der Waals surface area contributed by atoms with Crippen LogP contribution in [0.15, 0.2) is 97.2 Å². The highest BCUT2D eigenvalue weighted by Crippen LogP contribution is 2.43. The molecule has 0 saturated heterocycles. The predicted molar refractivity (Wildman–Crippen MR) is 427 cm³/mol. The molecule has 98 heavy (non-hydrogen) atoms. The van der Waals surface area contributed by atoms with Gasteiger partial charge in [0.2, 0.25) is 0 Å². The van der Waals surface area contributed by atoms with E-state index >= 15 is 0 Å². The second-order valence-corrected chi connectivity index (χ2v) is 30.9. The van der Waals surface area contributed by atoms with E-state index in [1.807, 2.05) is 21.1 Å². The summed E-state index contributed by atoms with van der Waals surface area (Å²) in [4.78, 5) is 36.0. The van der Waals surface area contributed by atoms with Gasteiger partial charge in [-0.1, -0.05) is 387 Å². The molecule has 1 N–H and O–H groups in total. The van der Waals surface area contributed by atoms with E-state index in [1.165, 1.54) is 289 Å². The fourth-order valence-electron chi connectivity index (χ4n) is 12.2. The maximum atomic E-state index is 12.9. The predicted octanol–water partition coefficient (Wildman–Crippen LogP) is 28.2. The Labute approximate surface area is 608 Å². The van der Waals surface area contributed by atoms with E-state index in [-0.39, 0.29) is 25.6 Å². The smallest absolute Gasteiger partial charge is 0.462 e. The van der Waals surface area contributed by atoms with Crippen LogP contribution in [0.1, 0.15) is 399 Å². The molecule has 2 atom stereocenters. The number of nitrogens with zero attached hydrogens (tertiary/aromatic N) is 1. The summed E-state index contributed by atoms with van der Waals surface area (Å²) in [5.41, 5.74) is 0. The van der Waals surface area contributed by atoms with Crippen LogP contribution in [0.25, 0.3) is 0 Å². The van der Waals surface area contributed by atoms with Crippen molar-refractivity contribution in [2.75, 3.05) is 47.5 Å². The number of rotatable bonds is 78. The summed E-state index contributed by atoms with van der Waals surface area (Å²) in [6.45, 7) is 4.36. The fraction of sp³-hybridized carbons (Fsp3) is 0.795. The van der Waals surface area contributed by atoms with Gasteiger partial charge in [0.1, 0.15) is 19.8 Å². The summed E-state index contributed by atoms with van der Waals surface area (Å²) in [5.74, 6) is -0.779. The van der Waals surface area contributed by atoms with E-state index in [1.54, 1.807) is 0 Å². The van der Waals surface area contributed by atoms with E-state index < -0.39 is 26.5 Å². The Morgan fingerprint density at radius 1 is 0.327 bits per heavy atom. The molecule has 0 heterocycles. The number of hydrogen-bond acceptors (Lipinski definition) is 7. The van der Waals surface area contributed by atoms with Crippen molar-refractivity contribution in [3.05, 3.63) is 97.2 Å². The van der Waals surface area contributed by atoms with Crippen LogP contribution in [0.5, 0.6) is 0 Å². The molecule has 0 amide bonds. The molecule has 0 spiro atoms. The normalized spacial score (nSPS) is 13.5. The molecule has 570 valence electrons. The molecule has 9 nitrogen and oxygen atoms in total. The zero-order chi connectivity index (χ0) is 71.1. The number of hydrogen-bond donors (Lipinski definition) is 1. The summed E-state index contributed by atoms with van der Waals surface area (Å²) < 4.78 is 34.9. The number of likely N-dealkylation sites (N-methyl/N-ethyl adjacent to an activating group) is 1. The van der Waals surface area contributed by atoms with Crippen LogP contribution in [0.4, 0.5) is 0 Å². The maximum Gasteiger partial charge on any atom is 0.472 e. The lowest BCUT2D eigenvalue weighted by molar-refractivity contribution is -0.870. The number of phosphoric ester groups is 1. The highest BCUT2D eigenvalue weighted by molar-refractivity contribution is 7.47. The monoisotopic (exact) mass is 1390 g/mol. The van der Waals surface area contributed by atoms with Gasteiger partial charge in [0.25, 0.3) is 0 Å². The third kappa shape index (κ3) is 81.9. The first kappa shape index (κ1) is 94.9. The van der Waals surface area contributed by atoms with Crippen molar-refractivity contribution in [3.8, 4) is 0 Å². The van der Waals surface area contributed by atoms with E-state index in [0.717, 1.165) is 77.0 Å². The third-order valence-electron chi connectivity index (χ3n) is 18.6. The van der Waals surface area contributed by atoms with Gasteiger partial charge in [0.05, 0.1) is 27.7 Å². The number of unbranched alkanes of at least 4 members (excludes halogenated alkanes) is 48. The molecule has 0 aromatic rings. The van der Waals surface area contributed by atoms with Gasteiger partial charge in [-0.05, 0) is 96.3 Å². The van der Waals surface area contributed by atoms with Gasteiger partial charge in [-0.2, -0.15) is 0 Å². The lowest BCUT2D eigenvalue weighted by atomic mass is 10.0. The van der Waals surface area contributed by atoms with Crippen molar-refractivity contribution in [1.82, 2.24) is 0 Å². The summed E-state index contributed by atoms with van der Waals surface area (Å²) >= 11 is 0. The van der Waals surface area contributed by atoms with Gasteiger partial charge in [-0.25, -0.2) is 4.57 Å². The molecule has 0 bridgehead atoms. The Balaban J connectivity index is 3.89. The number of phosphoric acid groups is 1. The molecule has 0 rings (SSSR count). The molecule has 0 aliphatic rings. The average molecular weight is 1390 g/mol. The van der Waals surface area contributed by atoms with E-state index in [4.69, 9.17) is 18.5 Å². The maximum absolute atomic E-state index is 12.9. The number of carbonyl (C=O) groups is 2. The zero-order valence-corrected chi connectivity index (χ0v) is 66.2. The SMILES string of the molecule is CC/C=C\C/C=C\C/C=C\C/C=C\C/C=C\CCCCCCCCCCCCCCCCCCCC(=O)OC(COC(=O)CCCCCCCCCCCCCCCCCCCCCCCCCCCC/C=C\C/C=C\C/C=C\CCCCCCC)COP(=O)(O)OCC[N+](C)(C)C. The molecule has 0 saturated carbocycles. The third-order valence-corrected chi connectivity index (χ3v) is 19.6. The summed E-state index contributed by atoms with van der Waals surface area (Å²) in [6, 6.07) is 0. The minimum Gasteiger partial charge on any atom is -0.462 e. The summed E-state index contributed by atoms with van der Waals surface area (Å²) in [5, 5.41) is 0. The number of quaternary nitrogens is 1. The van der Waals surface area contributed by atoms with E-state index in [0.29, 0.717) is 23.9 Å². The molecule has 2 unspecified atom stereocenters. The number of carbonyl (C=O) groups excluding carboxylic acids is 2. The van der Waals surface area contributed by atoms with E-state index in [2.05, 4.69) is 111 Å². The lowest BCUT2D eigenvalue weighted by Gasteiger charge is -2.24. The van der Waals surface area contributed by atoms with E-state index in [9.17, 15) is 19.0 Å². The van der Waals surface area contributed by atoms with Gasteiger partial charge in [-0.3, -0.25) is 18.6 Å². The Morgan fingerprint density at radius 2 is 0.582 bits per heavy atom. The number of esters is 2. The molecule has 0 aliphatic carbocycles. The standard InChI is InChI=1S/C88H160NO8P/c1-6-8-10-12-14-16-18-20-22-24-26-28-30-32-34-36-38-40-41-42-43-44-45-46-47-49-50-52-54-56-58-60-62-64-66-68-70-72-74-76-78-80-87(90)94-84-86(85-96-98(92,93)95-83-82-89(3,4)5)97-88(91)81-79-77-75-73-71-69-67-65-63-61-59-57-55-53-51-48-39-37-35-33-31-29-27-25-23-21-19-17-15-13-11-9-7-2/h9,11,15,17-18,20-21,23-24,26-27,29-30,32-33,35,86H,6-8,10,12-14,16,19,22,25,28,31,34,36-85H2,1-5H3/p+1/b11-9-,17-15-,20-18-,23-21-,26-24-,29-27-,32-30-,35-33-. The Morgan fingerprint density at radius 3 is 0.867 bits per heavy atom. The van der Waals surface area contributed by atoms with Crippen LogP contribution in [-0.4, -0.2) is 74.9 Å². The zero-order valence-electron chi connectivity index (χ0n) is 65.3. The van der Waals surface area contributed by atoms with Crippen LogP contribution in [-0.2, 0) is 32.7 Å². The van der Waals surface area contributed by atoms with Gasteiger partial charge < -0.3 is 18.9 Å². The molecular formula is C88H161NO8P+. The first-order valence-electron chi connectivity index (χ1n) is 42.0. The molecule has 0 radical (unpaired) electrons. The highest BCUT2D eigenvalue weighted by atomic mass is 31.2. The molecular weight excluding hydrogens is 1230 g/mol.